The standard InChI is InChI=1S/C27H27BF3NO6/c1-37-22-13-9-20(10-14-22)24(33)17-21(15-18-5-3-2-4-6-18)26(34)32-25(28(35)36)16-19-7-11-23(12-8-19)38-27(29,30)31/h2-14,21,25,35-36H,15-17H2,1H3,(H,32,34). The first-order valence-electron chi connectivity index (χ1n) is 11.8. The molecule has 200 valence electrons. The Kier molecular flexibility index (Phi) is 9.92. The fraction of sp³-hybridized carbons (Fsp3) is 0.259. The van der Waals surface area contributed by atoms with Crippen LogP contribution in [0.15, 0.2) is 78.9 Å². The summed E-state index contributed by atoms with van der Waals surface area (Å²) in [4.78, 5) is 26.3. The lowest BCUT2D eigenvalue weighted by molar-refractivity contribution is -0.274. The van der Waals surface area contributed by atoms with Gasteiger partial charge in [0.05, 0.1) is 13.1 Å². The van der Waals surface area contributed by atoms with E-state index in [0.717, 1.165) is 17.7 Å². The highest BCUT2D eigenvalue weighted by Gasteiger charge is 2.32. The zero-order valence-electron chi connectivity index (χ0n) is 20.5. The molecular weight excluding hydrogens is 502 g/mol. The number of carbonyl (C=O) groups excluding carboxylic acids is 2. The molecule has 0 aliphatic heterocycles. The molecule has 7 nitrogen and oxygen atoms in total. The van der Waals surface area contributed by atoms with Gasteiger partial charge in [-0.2, -0.15) is 0 Å². The highest BCUT2D eigenvalue weighted by atomic mass is 19.4. The van der Waals surface area contributed by atoms with Crippen LogP contribution in [0.5, 0.6) is 11.5 Å². The number of carbonyl (C=O) groups is 2. The van der Waals surface area contributed by atoms with Gasteiger partial charge in [-0.05, 0) is 60.4 Å². The molecule has 3 aromatic rings. The van der Waals surface area contributed by atoms with Gasteiger partial charge in [0.25, 0.3) is 0 Å². The summed E-state index contributed by atoms with van der Waals surface area (Å²) in [7, 11) is -0.451. The quantitative estimate of drug-likeness (QED) is 0.244. The molecule has 0 aromatic heterocycles. The molecule has 11 heteroatoms. The number of rotatable bonds is 12. The molecule has 2 atom stereocenters. The van der Waals surface area contributed by atoms with E-state index < -0.39 is 37.0 Å². The van der Waals surface area contributed by atoms with E-state index in [2.05, 4.69) is 10.1 Å². The second-order valence-electron chi connectivity index (χ2n) is 8.67. The summed E-state index contributed by atoms with van der Waals surface area (Å²) in [5, 5.41) is 22.4. The molecule has 0 fully saturated rings. The monoisotopic (exact) mass is 529 g/mol. The third-order valence-corrected chi connectivity index (χ3v) is 5.84. The van der Waals surface area contributed by atoms with E-state index in [-0.39, 0.29) is 25.0 Å². The molecule has 0 heterocycles. The number of hydrogen-bond acceptors (Lipinski definition) is 6. The van der Waals surface area contributed by atoms with Crippen LogP contribution in [0.3, 0.4) is 0 Å². The third kappa shape index (κ3) is 8.93. The van der Waals surface area contributed by atoms with Gasteiger partial charge in [-0.3, -0.25) is 9.59 Å². The highest BCUT2D eigenvalue weighted by Crippen LogP contribution is 2.23. The minimum Gasteiger partial charge on any atom is -0.497 e. The van der Waals surface area contributed by atoms with Gasteiger partial charge in [-0.25, -0.2) is 0 Å². The average Bonchev–Trinajstić information content (AvgIpc) is 2.88. The van der Waals surface area contributed by atoms with E-state index in [1.165, 1.54) is 19.2 Å². The molecular formula is C27H27BF3NO6. The van der Waals surface area contributed by atoms with Crippen LogP contribution >= 0.6 is 0 Å². The summed E-state index contributed by atoms with van der Waals surface area (Å²) in [6.07, 6.45) is -4.83. The number of benzene rings is 3. The van der Waals surface area contributed by atoms with Crippen molar-refractivity contribution in [3.05, 3.63) is 95.6 Å². The summed E-state index contributed by atoms with van der Waals surface area (Å²) >= 11 is 0. The molecule has 3 rings (SSSR count). The molecule has 0 saturated heterocycles. The topological polar surface area (TPSA) is 105 Å². The van der Waals surface area contributed by atoms with Crippen LogP contribution in [-0.2, 0) is 17.6 Å². The molecule has 38 heavy (non-hydrogen) atoms. The van der Waals surface area contributed by atoms with Crippen molar-refractivity contribution >= 4 is 18.8 Å². The molecule has 0 bridgehead atoms. The van der Waals surface area contributed by atoms with Crippen molar-refractivity contribution in [3.8, 4) is 11.5 Å². The molecule has 3 N–H and O–H groups in total. The Morgan fingerprint density at radius 3 is 2.00 bits per heavy atom. The van der Waals surface area contributed by atoms with Crippen LogP contribution in [0.2, 0.25) is 0 Å². The molecule has 0 aliphatic carbocycles. The number of nitrogens with one attached hydrogen (secondary N) is 1. The SMILES string of the molecule is COc1ccc(C(=O)CC(Cc2ccccc2)C(=O)NC(Cc2ccc(OC(F)(F)F)cc2)B(O)O)cc1. The van der Waals surface area contributed by atoms with Crippen LogP contribution in [0.1, 0.15) is 27.9 Å². The number of halogens is 3. The van der Waals surface area contributed by atoms with Crippen molar-refractivity contribution in [1.29, 1.82) is 0 Å². The molecule has 0 saturated carbocycles. The summed E-state index contributed by atoms with van der Waals surface area (Å²) in [5.74, 6) is -2.68. The normalized spacial score (nSPS) is 12.8. The summed E-state index contributed by atoms with van der Waals surface area (Å²) < 4.78 is 46.2. The minimum absolute atomic E-state index is 0.0831. The molecule has 3 aromatic carbocycles. The second kappa shape index (κ2) is 13.1. The van der Waals surface area contributed by atoms with Gasteiger partial charge in [0.2, 0.25) is 5.91 Å². The number of hydrogen-bond donors (Lipinski definition) is 3. The van der Waals surface area contributed by atoms with Gasteiger partial charge in [0.15, 0.2) is 5.78 Å². The van der Waals surface area contributed by atoms with Crippen molar-refractivity contribution in [3.63, 3.8) is 0 Å². The summed E-state index contributed by atoms with van der Waals surface area (Å²) in [6, 6.07) is 20.4. The predicted octanol–water partition coefficient (Wildman–Crippen LogP) is 3.77. The Bertz CT molecular complexity index is 1190. The van der Waals surface area contributed by atoms with Crippen molar-refractivity contribution in [2.24, 2.45) is 5.92 Å². The van der Waals surface area contributed by atoms with E-state index in [4.69, 9.17) is 4.74 Å². The maximum absolute atomic E-state index is 13.3. The second-order valence-corrected chi connectivity index (χ2v) is 8.67. The first-order chi connectivity index (χ1) is 18.0. The smallest absolute Gasteiger partial charge is 0.497 e. The van der Waals surface area contributed by atoms with Crippen molar-refractivity contribution < 1.29 is 42.3 Å². The van der Waals surface area contributed by atoms with E-state index in [1.807, 2.05) is 30.3 Å². The fourth-order valence-corrected chi connectivity index (χ4v) is 3.89. The number of Topliss-reactive ketones (excluding diaryl/α,β-unsaturated/α-hetero) is 1. The van der Waals surface area contributed by atoms with Crippen molar-refractivity contribution in [1.82, 2.24) is 5.32 Å². The largest absolute Gasteiger partial charge is 0.573 e. The maximum Gasteiger partial charge on any atom is 0.573 e. The fourth-order valence-electron chi connectivity index (χ4n) is 3.89. The van der Waals surface area contributed by atoms with E-state index in [9.17, 15) is 32.8 Å². The summed E-state index contributed by atoms with van der Waals surface area (Å²) in [6.45, 7) is 0. The van der Waals surface area contributed by atoms with Gasteiger partial charge < -0.3 is 24.8 Å². The number of ketones is 1. The number of ether oxygens (including phenoxy) is 2. The first-order valence-corrected chi connectivity index (χ1v) is 11.8. The third-order valence-electron chi connectivity index (χ3n) is 5.84. The Balaban J connectivity index is 1.74. The number of alkyl halides is 3. The van der Waals surface area contributed by atoms with E-state index in [1.54, 1.807) is 24.3 Å². The van der Waals surface area contributed by atoms with Crippen LogP contribution in [-0.4, -0.2) is 48.3 Å². The van der Waals surface area contributed by atoms with Crippen molar-refractivity contribution in [2.75, 3.05) is 7.11 Å². The molecule has 2 unspecified atom stereocenters. The van der Waals surface area contributed by atoms with Gasteiger partial charge >= 0.3 is 13.5 Å². The molecule has 1 amide bonds. The highest BCUT2D eigenvalue weighted by molar-refractivity contribution is 6.43. The number of methoxy groups -OCH3 is 1. The van der Waals surface area contributed by atoms with E-state index >= 15 is 0 Å². The molecule has 0 radical (unpaired) electrons. The number of amides is 1. The van der Waals surface area contributed by atoms with Gasteiger partial charge in [-0.1, -0.05) is 42.5 Å². The predicted molar refractivity (Wildman–Crippen MR) is 135 cm³/mol. The lowest BCUT2D eigenvalue weighted by atomic mass is 9.75. The minimum atomic E-state index is -4.84. The van der Waals surface area contributed by atoms with Crippen LogP contribution < -0.4 is 14.8 Å². The van der Waals surface area contributed by atoms with Crippen LogP contribution in [0, 0.1) is 5.92 Å². The summed E-state index contributed by atoms with van der Waals surface area (Å²) in [5.41, 5.74) is 1.65. The van der Waals surface area contributed by atoms with E-state index in [0.29, 0.717) is 16.9 Å². The maximum atomic E-state index is 13.3. The molecule has 0 spiro atoms. The lowest BCUT2D eigenvalue weighted by Gasteiger charge is -2.22. The van der Waals surface area contributed by atoms with Gasteiger partial charge in [-0.15, -0.1) is 13.2 Å². The Morgan fingerprint density at radius 2 is 1.45 bits per heavy atom. The lowest BCUT2D eigenvalue weighted by Crippen LogP contribution is -2.50. The van der Waals surface area contributed by atoms with Crippen LogP contribution in [0.4, 0.5) is 13.2 Å². The zero-order chi connectivity index (χ0) is 27.7. The van der Waals surface area contributed by atoms with Gasteiger partial charge in [0, 0.05) is 17.9 Å². The Morgan fingerprint density at radius 1 is 0.868 bits per heavy atom. The average molecular weight is 529 g/mol. The Labute approximate surface area is 218 Å². The van der Waals surface area contributed by atoms with Gasteiger partial charge in [0.1, 0.15) is 11.5 Å². The van der Waals surface area contributed by atoms with Crippen LogP contribution in [0.25, 0.3) is 0 Å². The van der Waals surface area contributed by atoms with Crippen molar-refractivity contribution in [2.45, 2.75) is 31.6 Å². The molecule has 0 aliphatic rings. The zero-order valence-corrected chi connectivity index (χ0v) is 20.5. The first kappa shape index (κ1) is 28.7. The Hall–Kier alpha value is -3.83.